The molecule has 2 rings (SSSR count). The van der Waals surface area contributed by atoms with Crippen LogP contribution in [0.5, 0.6) is 0 Å². The maximum absolute atomic E-state index is 11.6. The molecule has 1 N–H and O–H groups in total. The molecule has 0 aliphatic carbocycles. The predicted molar refractivity (Wildman–Crippen MR) is 65.0 cm³/mol. The molecule has 0 aromatic heterocycles. The molecule has 3 nitrogen and oxygen atoms in total. The summed E-state index contributed by atoms with van der Waals surface area (Å²) >= 11 is 3.44. The van der Waals surface area contributed by atoms with Gasteiger partial charge in [-0.25, -0.2) is 0 Å². The highest BCUT2D eigenvalue weighted by Crippen LogP contribution is 2.31. The monoisotopic (exact) mass is 283 g/mol. The van der Waals surface area contributed by atoms with Crippen LogP contribution in [0.3, 0.4) is 0 Å². The van der Waals surface area contributed by atoms with Crippen LogP contribution in [0.15, 0.2) is 28.7 Å². The lowest BCUT2D eigenvalue weighted by Crippen LogP contribution is -2.24. The van der Waals surface area contributed by atoms with Gasteiger partial charge in [0.25, 0.3) is 0 Å². The molecule has 1 fully saturated rings. The van der Waals surface area contributed by atoms with Gasteiger partial charge in [0.15, 0.2) is 0 Å². The van der Waals surface area contributed by atoms with Crippen molar-refractivity contribution in [2.75, 3.05) is 13.7 Å². The first-order chi connectivity index (χ1) is 7.72. The Labute approximate surface area is 103 Å². The van der Waals surface area contributed by atoms with Gasteiger partial charge >= 0.3 is 5.97 Å². The summed E-state index contributed by atoms with van der Waals surface area (Å²) in [4.78, 5) is 11.6. The molecule has 0 radical (unpaired) electrons. The Morgan fingerprint density at radius 2 is 2.38 bits per heavy atom. The van der Waals surface area contributed by atoms with Crippen molar-refractivity contribution in [1.82, 2.24) is 5.32 Å². The lowest BCUT2D eigenvalue weighted by Gasteiger charge is -2.18. The number of hydrogen-bond donors (Lipinski definition) is 1. The average Bonchev–Trinajstić information content (AvgIpc) is 2.77. The van der Waals surface area contributed by atoms with E-state index in [4.69, 9.17) is 4.74 Å². The molecule has 2 atom stereocenters. The smallest absolute Gasteiger partial charge is 0.310 e. The number of rotatable bonds is 2. The van der Waals surface area contributed by atoms with Gasteiger partial charge in [0.1, 0.15) is 0 Å². The van der Waals surface area contributed by atoms with E-state index in [0.29, 0.717) is 0 Å². The number of nitrogens with one attached hydrogen (secondary N) is 1. The lowest BCUT2D eigenvalue weighted by molar-refractivity contribution is -0.145. The number of halogens is 1. The van der Waals surface area contributed by atoms with E-state index in [9.17, 15) is 4.79 Å². The van der Waals surface area contributed by atoms with E-state index in [1.165, 1.54) is 7.11 Å². The number of carbonyl (C=O) groups excluding carboxylic acids is 1. The van der Waals surface area contributed by atoms with Crippen LogP contribution < -0.4 is 5.32 Å². The SMILES string of the molecule is COC(=O)C1CCNC1c1cccc(Br)c1. The van der Waals surface area contributed by atoms with Gasteiger partial charge in [-0.2, -0.15) is 0 Å². The van der Waals surface area contributed by atoms with E-state index < -0.39 is 0 Å². The first-order valence-electron chi connectivity index (χ1n) is 5.29. The van der Waals surface area contributed by atoms with E-state index >= 15 is 0 Å². The van der Waals surface area contributed by atoms with Gasteiger partial charge in [0.05, 0.1) is 13.0 Å². The minimum atomic E-state index is -0.130. The lowest BCUT2D eigenvalue weighted by atomic mass is 9.94. The van der Waals surface area contributed by atoms with E-state index in [1.54, 1.807) is 0 Å². The molecular formula is C12H14BrNO2. The maximum Gasteiger partial charge on any atom is 0.310 e. The second-order valence-electron chi connectivity index (χ2n) is 3.91. The van der Waals surface area contributed by atoms with E-state index in [1.807, 2.05) is 24.3 Å². The van der Waals surface area contributed by atoms with Crippen molar-refractivity contribution in [3.8, 4) is 0 Å². The zero-order valence-corrected chi connectivity index (χ0v) is 10.7. The Hall–Kier alpha value is -0.870. The summed E-state index contributed by atoms with van der Waals surface area (Å²) < 4.78 is 5.86. The van der Waals surface area contributed by atoms with E-state index in [2.05, 4.69) is 21.2 Å². The Morgan fingerprint density at radius 3 is 3.06 bits per heavy atom. The third-order valence-corrected chi connectivity index (χ3v) is 3.43. The Morgan fingerprint density at radius 1 is 1.56 bits per heavy atom. The summed E-state index contributed by atoms with van der Waals surface area (Å²) in [6.45, 7) is 0.858. The molecule has 0 amide bonds. The third-order valence-electron chi connectivity index (χ3n) is 2.93. The Balaban J connectivity index is 2.23. The van der Waals surface area contributed by atoms with Crippen molar-refractivity contribution in [3.63, 3.8) is 0 Å². The van der Waals surface area contributed by atoms with Gasteiger partial charge in [0.2, 0.25) is 0 Å². The topological polar surface area (TPSA) is 38.3 Å². The van der Waals surface area contributed by atoms with Crippen LogP contribution in [0.2, 0.25) is 0 Å². The van der Waals surface area contributed by atoms with Crippen molar-refractivity contribution in [1.29, 1.82) is 0 Å². The Kier molecular flexibility index (Phi) is 3.61. The number of benzene rings is 1. The quantitative estimate of drug-likeness (QED) is 0.847. The number of methoxy groups -OCH3 is 1. The second-order valence-corrected chi connectivity index (χ2v) is 4.82. The molecule has 16 heavy (non-hydrogen) atoms. The molecular weight excluding hydrogens is 270 g/mol. The largest absolute Gasteiger partial charge is 0.469 e. The van der Waals surface area contributed by atoms with Gasteiger partial charge in [-0.05, 0) is 30.7 Å². The minimum Gasteiger partial charge on any atom is -0.469 e. The standard InChI is InChI=1S/C12H14BrNO2/c1-16-12(15)10-5-6-14-11(10)8-3-2-4-9(13)7-8/h2-4,7,10-11,14H,5-6H2,1H3. The van der Waals surface area contributed by atoms with Crippen molar-refractivity contribution in [2.24, 2.45) is 5.92 Å². The molecule has 1 aromatic rings. The van der Waals surface area contributed by atoms with Gasteiger partial charge in [0, 0.05) is 10.5 Å². The normalized spacial score (nSPS) is 24.4. The summed E-state index contributed by atoms with van der Waals surface area (Å²) in [5, 5.41) is 3.34. The number of esters is 1. The van der Waals surface area contributed by atoms with Crippen molar-refractivity contribution in [2.45, 2.75) is 12.5 Å². The van der Waals surface area contributed by atoms with Crippen LogP contribution in [0.25, 0.3) is 0 Å². The van der Waals surface area contributed by atoms with Crippen LogP contribution >= 0.6 is 15.9 Å². The van der Waals surface area contributed by atoms with Crippen molar-refractivity contribution in [3.05, 3.63) is 34.3 Å². The van der Waals surface area contributed by atoms with Crippen LogP contribution in [0.1, 0.15) is 18.0 Å². The third kappa shape index (κ3) is 2.28. The van der Waals surface area contributed by atoms with E-state index in [0.717, 1.165) is 23.0 Å². The summed E-state index contributed by atoms with van der Waals surface area (Å²) in [5.41, 5.74) is 1.13. The van der Waals surface area contributed by atoms with Gasteiger partial charge in [-0.3, -0.25) is 4.79 Å². The number of carbonyl (C=O) groups is 1. The molecule has 0 bridgehead atoms. The highest BCUT2D eigenvalue weighted by Gasteiger charge is 2.34. The summed E-state index contributed by atoms with van der Waals surface area (Å²) in [6.07, 6.45) is 0.837. The van der Waals surface area contributed by atoms with Crippen LogP contribution in [0.4, 0.5) is 0 Å². The van der Waals surface area contributed by atoms with E-state index in [-0.39, 0.29) is 17.9 Å². The second kappa shape index (κ2) is 4.97. The Bertz CT molecular complexity index is 394. The summed E-state index contributed by atoms with van der Waals surface area (Å²) in [7, 11) is 1.44. The maximum atomic E-state index is 11.6. The highest BCUT2D eigenvalue weighted by molar-refractivity contribution is 9.10. The van der Waals surface area contributed by atoms with Crippen molar-refractivity contribution >= 4 is 21.9 Å². The molecule has 1 aromatic carbocycles. The summed E-state index contributed by atoms with van der Waals surface area (Å²) in [5.74, 6) is -0.200. The highest BCUT2D eigenvalue weighted by atomic mass is 79.9. The fourth-order valence-corrected chi connectivity index (χ4v) is 2.58. The average molecular weight is 284 g/mol. The van der Waals surface area contributed by atoms with Gasteiger partial charge < -0.3 is 10.1 Å². The first-order valence-corrected chi connectivity index (χ1v) is 6.08. The fourth-order valence-electron chi connectivity index (χ4n) is 2.16. The molecule has 1 heterocycles. The predicted octanol–water partition coefficient (Wildman–Crippen LogP) is 2.27. The molecule has 1 saturated heterocycles. The molecule has 2 unspecified atom stereocenters. The zero-order valence-electron chi connectivity index (χ0n) is 9.07. The zero-order chi connectivity index (χ0) is 11.5. The molecule has 1 aliphatic heterocycles. The molecule has 0 saturated carbocycles. The number of ether oxygens (including phenoxy) is 1. The molecule has 4 heteroatoms. The van der Waals surface area contributed by atoms with Crippen molar-refractivity contribution < 1.29 is 9.53 Å². The van der Waals surface area contributed by atoms with Crippen LogP contribution in [0, 0.1) is 5.92 Å². The molecule has 0 spiro atoms. The van der Waals surface area contributed by atoms with Crippen LogP contribution in [-0.4, -0.2) is 19.6 Å². The minimum absolute atomic E-state index is 0.0701. The van der Waals surface area contributed by atoms with Gasteiger partial charge in [-0.1, -0.05) is 28.1 Å². The fraction of sp³-hybridized carbons (Fsp3) is 0.417. The number of hydrogen-bond acceptors (Lipinski definition) is 3. The molecule has 86 valence electrons. The molecule has 1 aliphatic rings. The van der Waals surface area contributed by atoms with Gasteiger partial charge in [-0.15, -0.1) is 0 Å². The van der Waals surface area contributed by atoms with Crippen LogP contribution in [-0.2, 0) is 9.53 Å². The first kappa shape index (κ1) is 11.6. The summed E-state index contributed by atoms with van der Waals surface area (Å²) in [6, 6.07) is 8.10.